The van der Waals surface area contributed by atoms with Crippen LogP contribution in [0.25, 0.3) is 0 Å². The molecule has 0 atom stereocenters. The Labute approximate surface area is 150 Å². The number of nitrogens with one attached hydrogen (secondary N) is 1. The average Bonchev–Trinajstić information content (AvgIpc) is 2.61. The van der Waals surface area contributed by atoms with E-state index in [2.05, 4.69) is 10.5 Å². The Morgan fingerprint density at radius 3 is 2.26 bits per heavy atom. The molecule has 0 unspecified atom stereocenters. The van der Waals surface area contributed by atoms with Crippen molar-refractivity contribution < 1.29 is 19.6 Å². The molecular weight excluding hydrogens is 362 g/mol. The number of nitro benzene ring substituents is 3. The summed E-state index contributed by atoms with van der Waals surface area (Å²) in [6.45, 7) is 0. The molecule has 138 valence electrons. The van der Waals surface area contributed by atoms with Gasteiger partial charge in [0.1, 0.15) is 0 Å². The molecule has 2 aromatic carbocycles. The molecule has 2 aromatic rings. The van der Waals surface area contributed by atoms with Gasteiger partial charge in [-0.25, -0.2) is 5.43 Å². The van der Waals surface area contributed by atoms with Gasteiger partial charge >= 0.3 is 0 Å². The number of carbonyl (C=O) groups is 1. The fourth-order valence-electron chi connectivity index (χ4n) is 2.13. The zero-order valence-electron chi connectivity index (χ0n) is 13.5. The van der Waals surface area contributed by atoms with Crippen LogP contribution < -0.4 is 5.43 Å². The SMILES string of the molecule is O=C(Cc1ccc([N+](=O)[O-])cc1[N+](=O)[O-])N/N=C/c1ccccc1[N+](=O)[O-]. The van der Waals surface area contributed by atoms with Gasteiger partial charge in [-0.1, -0.05) is 12.1 Å². The Morgan fingerprint density at radius 1 is 0.963 bits per heavy atom. The van der Waals surface area contributed by atoms with Gasteiger partial charge in [0, 0.05) is 17.7 Å². The second-order valence-corrected chi connectivity index (χ2v) is 5.11. The van der Waals surface area contributed by atoms with Crippen LogP contribution in [0.1, 0.15) is 11.1 Å². The molecule has 2 rings (SSSR count). The van der Waals surface area contributed by atoms with Gasteiger partial charge in [0.2, 0.25) is 5.91 Å². The molecule has 0 saturated heterocycles. The Morgan fingerprint density at radius 2 is 1.63 bits per heavy atom. The van der Waals surface area contributed by atoms with E-state index in [1.54, 1.807) is 6.07 Å². The van der Waals surface area contributed by atoms with Crippen LogP contribution in [-0.4, -0.2) is 26.9 Å². The van der Waals surface area contributed by atoms with Crippen molar-refractivity contribution in [2.45, 2.75) is 6.42 Å². The monoisotopic (exact) mass is 373 g/mol. The van der Waals surface area contributed by atoms with Gasteiger partial charge in [-0.3, -0.25) is 35.1 Å². The van der Waals surface area contributed by atoms with E-state index in [1.165, 1.54) is 18.2 Å². The van der Waals surface area contributed by atoms with Gasteiger partial charge < -0.3 is 0 Å². The van der Waals surface area contributed by atoms with Crippen LogP contribution in [0.4, 0.5) is 17.1 Å². The van der Waals surface area contributed by atoms with Crippen molar-refractivity contribution in [2.24, 2.45) is 5.10 Å². The number of para-hydroxylation sites is 1. The highest BCUT2D eigenvalue weighted by molar-refractivity contribution is 5.87. The molecule has 12 heteroatoms. The number of non-ortho nitro benzene ring substituents is 1. The number of hydrazone groups is 1. The largest absolute Gasteiger partial charge is 0.279 e. The van der Waals surface area contributed by atoms with Crippen molar-refractivity contribution in [3.05, 3.63) is 83.9 Å². The van der Waals surface area contributed by atoms with Crippen LogP contribution in [0.2, 0.25) is 0 Å². The minimum Gasteiger partial charge on any atom is -0.273 e. The molecule has 0 heterocycles. The maximum Gasteiger partial charge on any atom is 0.279 e. The minimum atomic E-state index is -0.827. The maximum absolute atomic E-state index is 11.9. The third-order valence-corrected chi connectivity index (χ3v) is 3.35. The quantitative estimate of drug-likeness (QED) is 0.439. The van der Waals surface area contributed by atoms with Gasteiger partial charge in [0.05, 0.1) is 39.0 Å². The van der Waals surface area contributed by atoms with Crippen LogP contribution >= 0.6 is 0 Å². The Kier molecular flexibility index (Phi) is 5.83. The average molecular weight is 373 g/mol. The first-order valence-electron chi connectivity index (χ1n) is 7.26. The molecule has 1 amide bonds. The lowest BCUT2D eigenvalue weighted by atomic mass is 10.1. The highest BCUT2D eigenvalue weighted by atomic mass is 16.6. The van der Waals surface area contributed by atoms with E-state index in [1.807, 2.05) is 0 Å². The summed E-state index contributed by atoms with van der Waals surface area (Å²) >= 11 is 0. The van der Waals surface area contributed by atoms with E-state index in [0.29, 0.717) is 0 Å². The van der Waals surface area contributed by atoms with Gasteiger partial charge in [0.15, 0.2) is 0 Å². The fourth-order valence-corrected chi connectivity index (χ4v) is 2.13. The summed E-state index contributed by atoms with van der Waals surface area (Å²) in [4.78, 5) is 42.3. The third kappa shape index (κ3) is 4.88. The second-order valence-electron chi connectivity index (χ2n) is 5.11. The number of amides is 1. The van der Waals surface area contributed by atoms with Gasteiger partial charge in [0.25, 0.3) is 17.1 Å². The summed E-state index contributed by atoms with van der Waals surface area (Å²) in [5.74, 6) is -0.734. The number of nitro groups is 3. The van der Waals surface area contributed by atoms with Gasteiger partial charge in [-0.15, -0.1) is 0 Å². The normalized spacial score (nSPS) is 10.5. The molecule has 0 saturated carbocycles. The maximum atomic E-state index is 11.9. The number of hydrogen-bond donors (Lipinski definition) is 1. The van der Waals surface area contributed by atoms with Crippen molar-refractivity contribution in [2.75, 3.05) is 0 Å². The predicted octanol–water partition coefficient (Wildman–Crippen LogP) is 2.10. The lowest BCUT2D eigenvalue weighted by Crippen LogP contribution is -2.20. The summed E-state index contributed by atoms with van der Waals surface area (Å²) in [5, 5.41) is 36.2. The van der Waals surface area contributed by atoms with Crippen LogP contribution in [-0.2, 0) is 11.2 Å². The van der Waals surface area contributed by atoms with Crippen molar-refractivity contribution in [1.82, 2.24) is 5.43 Å². The highest BCUT2D eigenvalue weighted by Crippen LogP contribution is 2.25. The third-order valence-electron chi connectivity index (χ3n) is 3.35. The van der Waals surface area contributed by atoms with E-state index >= 15 is 0 Å². The Balaban J connectivity index is 2.11. The van der Waals surface area contributed by atoms with Crippen molar-refractivity contribution in [1.29, 1.82) is 0 Å². The Bertz CT molecular complexity index is 957. The molecular formula is C15H11N5O7. The number of benzene rings is 2. The van der Waals surface area contributed by atoms with Crippen molar-refractivity contribution in [3.8, 4) is 0 Å². The molecule has 0 aromatic heterocycles. The summed E-state index contributed by atoms with van der Waals surface area (Å²) in [6, 6.07) is 8.64. The van der Waals surface area contributed by atoms with Crippen LogP contribution in [0.5, 0.6) is 0 Å². The zero-order valence-corrected chi connectivity index (χ0v) is 13.5. The Hall–Kier alpha value is -4.22. The second kappa shape index (κ2) is 8.24. The first-order valence-corrected chi connectivity index (χ1v) is 7.26. The number of hydrogen-bond acceptors (Lipinski definition) is 8. The molecule has 0 bridgehead atoms. The fraction of sp³-hybridized carbons (Fsp3) is 0.0667. The molecule has 0 aliphatic rings. The van der Waals surface area contributed by atoms with Gasteiger partial charge in [-0.05, 0) is 12.1 Å². The first-order chi connectivity index (χ1) is 12.8. The molecule has 27 heavy (non-hydrogen) atoms. The molecule has 0 spiro atoms. The molecule has 0 radical (unpaired) electrons. The molecule has 0 aliphatic carbocycles. The topological polar surface area (TPSA) is 171 Å². The zero-order chi connectivity index (χ0) is 20.0. The van der Waals surface area contributed by atoms with E-state index in [4.69, 9.17) is 0 Å². The summed E-state index contributed by atoms with van der Waals surface area (Å²) < 4.78 is 0. The minimum absolute atomic E-state index is 0.0380. The molecule has 0 aliphatic heterocycles. The van der Waals surface area contributed by atoms with E-state index in [0.717, 1.165) is 24.4 Å². The van der Waals surface area contributed by atoms with Crippen LogP contribution in [0.3, 0.4) is 0 Å². The summed E-state index contributed by atoms with van der Waals surface area (Å²) in [7, 11) is 0. The van der Waals surface area contributed by atoms with Gasteiger partial charge in [-0.2, -0.15) is 5.10 Å². The van der Waals surface area contributed by atoms with Crippen LogP contribution in [0, 0.1) is 30.3 Å². The van der Waals surface area contributed by atoms with Crippen LogP contribution in [0.15, 0.2) is 47.6 Å². The summed E-state index contributed by atoms with van der Waals surface area (Å²) in [5.41, 5.74) is 0.973. The molecule has 0 fully saturated rings. The lowest BCUT2D eigenvalue weighted by Gasteiger charge is -2.02. The highest BCUT2D eigenvalue weighted by Gasteiger charge is 2.21. The van der Waals surface area contributed by atoms with E-state index in [-0.39, 0.29) is 16.8 Å². The number of nitrogens with zero attached hydrogens (tertiary/aromatic N) is 4. The lowest BCUT2D eigenvalue weighted by molar-refractivity contribution is -0.394. The van der Waals surface area contributed by atoms with Crippen molar-refractivity contribution in [3.63, 3.8) is 0 Å². The van der Waals surface area contributed by atoms with E-state index in [9.17, 15) is 35.1 Å². The van der Waals surface area contributed by atoms with Crippen molar-refractivity contribution >= 4 is 29.2 Å². The first kappa shape index (κ1) is 19.1. The van der Waals surface area contributed by atoms with E-state index < -0.39 is 38.5 Å². The number of rotatable bonds is 7. The molecule has 12 nitrogen and oxygen atoms in total. The smallest absolute Gasteiger partial charge is 0.273 e. The summed E-state index contributed by atoms with van der Waals surface area (Å²) in [6.07, 6.45) is 0.614. The standard InChI is InChI=1S/C15H11N5O7/c21-15(17-16-9-11-3-1-2-4-13(11)19(24)25)7-10-5-6-12(18(22)23)8-14(10)20(26)27/h1-6,8-9H,7H2,(H,17,21)/b16-9+. The molecule has 1 N–H and O–H groups in total. The predicted molar refractivity (Wildman–Crippen MR) is 92.3 cm³/mol. The number of carbonyl (C=O) groups excluding carboxylic acids is 1.